The van der Waals surface area contributed by atoms with Crippen molar-refractivity contribution >= 4 is 70.4 Å². The lowest BCUT2D eigenvalue weighted by atomic mass is 10.1. The largest absolute Gasteiger partial charge is 0.465 e. The quantitative estimate of drug-likeness (QED) is 0.141. The number of aromatic nitrogens is 1. The number of thiazole rings is 1. The summed E-state index contributed by atoms with van der Waals surface area (Å²) in [5.74, 6) is 5.53. The number of halogens is 2. The van der Waals surface area contributed by atoms with Crippen molar-refractivity contribution in [1.29, 1.82) is 0 Å². The molecule has 0 aliphatic rings. The Bertz CT molecular complexity index is 1490. The summed E-state index contributed by atoms with van der Waals surface area (Å²) >= 11 is 15.1. The van der Waals surface area contributed by atoms with Crippen molar-refractivity contribution in [2.24, 2.45) is 0 Å². The molecule has 0 amide bonds. The van der Waals surface area contributed by atoms with Crippen molar-refractivity contribution in [3.63, 3.8) is 0 Å². The molecule has 0 aliphatic carbocycles. The molecule has 11 heteroatoms. The molecule has 1 N–H and O–H groups in total. The normalized spacial score (nSPS) is 12.3. The van der Waals surface area contributed by atoms with Crippen molar-refractivity contribution in [3.05, 3.63) is 85.6 Å². The highest BCUT2D eigenvalue weighted by atomic mass is 35.5. The van der Waals surface area contributed by atoms with Gasteiger partial charge in [0.2, 0.25) is 0 Å². The summed E-state index contributed by atoms with van der Waals surface area (Å²) in [4.78, 5) is 17.7. The highest BCUT2D eigenvalue weighted by molar-refractivity contribution is 7.68. The summed E-state index contributed by atoms with van der Waals surface area (Å²) in [5, 5.41) is 5.67. The number of hydrogen-bond acceptors (Lipinski definition) is 7. The van der Waals surface area contributed by atoms with Crippen LogP contribution in [0.4, 0.5) is 5.69 Å². The van der Waals surface area contributed by atoms with Gasteiger partial charge in [-0.2, -0.15) is 0 Å². The Morgan fingerprint density at radius 1 is 1.14 bits per heavy atom. The number of thiophene rings is 1. The smallest absolute Gasteiger partial charge is 0.350 e. The molecule has 0 bridgehead atoms. The van der Waals surface area contributed by atoms with E-state index in [4.69, 9.17) is 32.5 Å². The Balaban J connectivity index is 1.69. The van der Waals surface area contributed by atoms with Crippen LogP contribution in [0.5, 0.6) is 0 Å². The molecule has 1 atom stereocenters. The lowest BCUT2D eigenvalue weighted by Gasteiger charge is -2.21. The van der Waals surface area contributed by atoms with Gasteiger partial charge < -0.3 is 14.3 Å². The van der Waals surface area contributed by atoms with Gasteiger partial charge in [-0.25, -0.2) is 9.78 Å². The average molecular weight is 577 g/mol. The van der Waals surface area contributed by atoms with E-state index in [0.29, 0.717) is 10.7 Å². The third-order valence-corrected chi connectivity index (χ3v) is 9.46. The minimum absolute atomic E-state index is 0.150. The maximum Gasteiger partial charge on any atom is 0.350 e. The maximum absolute atomic E-state index is 13.9. The van der Waals surface area contributed by atoms with E-state index in [-0.39, 0.29) is 21.8 Å². The number of esters is 1. The van der Waals surface area contributed by atoms with Crippen molar-refractivity contribution in [2.75, 3.05) is 18.8 Å². The van der Waals surface area contributed by atoms with Crippen LogP contribution in [0.25, 0.3) is 10.4 Å². The first-order chi connectivity index (χ1) is 17.3. The van der Waals surface area contributed by atoms with Gasteiger partial charge in [0.1, 0.15) is 10.6 Å². The summed E-state index contributed by atoms with van der Waals surface area (Å²) in [5.41, 5.74) is 4.46. The second-order valence-electron chi connectivity index (χ2n) is 7.22. The van der Waals surface area contributed by atoms with Gasteiger partial charge in [-0.15, -0.1) is 22.7 Å². The van der Waals surface area contributed by atoms with E-state index in [2.05, 4.69) is 21.9 Å². The zero-order valence-electron chi connectivity index (χ0n) is 19.1. The lowest BCUT2D eigenvalue weighted by molar-refractivity contribution is 0.0607. The monoisotopic (exact) mass is 576 g/mol. The number of carbonyl (C=O) groups excluding carboxylic acids is 1. The third-order valence-electron chi connectivity index (χ3n) is 4.84. The molecule has 0 spiro atoms. The molecule has 184 valence electrons. The average Bonchev–Trinajstić information content (AvgIpc) is 3.53. The summed E-state index contributed by atoms with van der Waals surface area (Å²) < 4.78 is 24.5. The fourth-order valence-corrected chi connectivity index (χ4v) is 7.35. The third kappa shape index (κ3) is 6.01. The van der Waals surface area contributed by atoms with Crippen LogP contribution in [-0.2, 0) is 13.8 Å². The topological polar surface area (TPSA) is 77.5 Å². The number of carbonyl (C=O) groups is 1. The first-order valence-corrected chi connectivity index (χ1v) is 14.7. The number of nitrogens with one attached hydrogen (secondary N) is 1. The molecule has 0 aliphatic heterocycles. The zero-order chi connectivity index (χ0) is 25.7. The molecular formula is C25H19Cl2N2O4PS2. The van der Waals surface area contributed by atoms with Crippen LogP contribution < -0.4 is 10.4 Å². The summed E-state index contributed by atoms with van der Waals surface area (Å²) in [7, 11) is -2.42. The van der Waals surface area contributed by atoms with E-state index in [0.717, 1.165) is 21.7 Å². The molecule has 6 nitrogen and oxygen atoms in total. The van der Waals surface area contributed by atoms with Gasteiger partial charge in [0, 0.05) is 20.8 Å². The van der Waals surface area contributed by atoms with Crippen LogP contribution >= 0.6 is 53.4 Å². The molecule has 0 radical (unpaired) electrons. The summed E-state index contributed by atoms with van der Waals surface area (Å²) in [6, 6.07) is 13.9. The Kier molecular flexibility index (Phi) is 8.53. The highest BCUT2D eigenvalue weighted by Gasteiger charge is 2.31. The number of nitrogens with zero attached hydrogens (tertiary/aromatic N) is 1. The SMILES string of the molecule is CCOP(=O)(Nc1cc(-c2ccc(C#Cc3cscn3)cc2)sc1C(=O)OC)c1ccc(Cl)cc1Cl. The van der Waals surface area contributed by atoms with Gasteiger partial charge in [-0.05, 0) is 54.8 Å². The van der Waals surface area contributed by atoms with Gasteiger partial charge in [0.15, 0.2) is 0 Å². The molecule has 2 aromatic carbocycles. The number of methoxy groups -OCH3 is 1. The minimum Gasteiger partial charge on any atom is -0.465 e. The molecule has 4 aromatic rings. The van der Waals surface area contributed by atoms with Crippen molar-refractivity contribution in [3.8, 4) is 22.3 Å². The minimum atomic E-state index is -3.71. The summed E-state index contributed by atoms with van der Waals surface area (Å²) in [6.45, 7) is 1.87. The Hall–Kier alpha value is -2.63. The predicted molar refractivity (Wildman–Crippen MR) is 148 cm³/mol. The molecule has 2 heterocycles. The van der Waals surface area contributed by atoms with Crippen LogP contribution in [0.3, 0.4) is 0 Å². The van der Waals surface area contributed by atoms with Crippen molar-refractivity contribution in [2.45, 2.75) is 6.92 Å². The van der Waals surface area contributed by atoms with E-state index in [1.807, 2.05) is 29.6 Å². The van der Waals surface area contributed by atoms with E-state index in [1.165, 1.54) is 35.8 Å². The fraction of sp³-hybridized carbons (Fsp3) is 0.120. The molecule has 2 aromatic heterocycles. The molecule has 0 saturated heterocycles. The van der Waals surface area contributed by atoms with Gasteiger partial charge in [0.25, 0.3) is 0 Å². The van der Waals surface area contributed by atoms with Gasteiger partial charge in [-0.3, -0.25) is 4.57 Å². The van der Waals surface area contributed by atoms with Crippen LogP contribution in [0.1, 0.15) is 27.9 Å². The fourth-order valence-electron chi connectivity index (χ4n) is 3.21. The molecule has 1 unspecified atom stereocenters. The van der Waals surface area contributed by atoms with Crippen LogP contribution in [-0.4, -0.2) is 24.7 Å². The standard InChI is InChI=1S/C25H19Cl2N2O4PS2/c1-3-33-34(31,22-11-9-18(26)12-20(22)27)29-21-13-23(36-24(21)25(30)32-2)17-7-4-16(5-8-17)6-10-19-14-35-15-28-19/h4-5,7-9,11-15H,3H2,1-2H3,(H,29,31). The van der Waals surface area contributed by atoms with E-state index < -0.39 is 13.5 Å². The lowest BCUT2D eigenvalue weighted by Crippen LogP contribution is -2.16. The Morgan fingerprint density at radius 2 is 1.92 bits per heavy atom. The molecule has 0 fully saturated rings. The number of ether oxygens (including phenoxy) is 1. The van der Waals surface area contributed by atoms with Gasteiger partial charge in [-0.1, -0.05) is 41.3 Å². The van der Waals surface area contributed by atoms with E-state index >= 15 is 0 Å². The number of anilines is 1. The molecule has 36 heavy (non-hydrogen) atoms. The van der Waals surface area contributed by atoms with Gasteiger partial charge in [0.05, 0.1) is 35.2 Å². The first kappa shape index (κ1) is 26.4. The molecular weight excluding hydrogens is 558 g/mol. The van der Waals surface area contributed by atoms with Gasteiger partial charge >= 0.3 is 13.5 Å². The van der Waals surface area contributed by atoms with E-state index in [9.17, 15) is 9.36 Å². The van der Waals surface area contributed by atoms with Crippen molar-refractivity contribution < 1.29 is 18.6 Å². The second kappa shape index (κ2) is 11.6. The van der Waals surface area contributed by atoms with Crippen LogP contribution in [0, 0.1) is 11.8 Å². The number of rotatable bonds is 7. The molecule has 4 rings (SSSR count). The second-order valence-corrected chi connectivity index (χ2v) is 11.9. The number of benzene rings is 2. The predicted octanol–water partition coefficient (Wildman–Crippen LogP) is 7.33. The van der Waals surface area contributed by atoms with E-state index in [1.54, 1.807) is 30.6 Å². The maximum atomic E-state index is 13.9. The molecule has 0 saturated carbocycles. The summed E-state index contributed by atoms with van der Waals surface area (Å²) in [6.07, 6.45) is 0. The highest BCUT2D eigenvalue weighted by Crippen LogP contribution is 2.50. The van der Waals surface area contributed by atoms with Crippen LogP contribution in [0.2, 0.25) is 10.0 Å². The van der Waals surface area contributed by atoms with Crippen molar-refractivity contribution in [1.82, 2.24) is 4.98 Å². The van der Waals surface area contributed by atoms with Crippen LogP contribution in [0.15, 0.2) is 59.4 Å². The Morgan fingerprint density at radius 3 is 2.56 bits per heavy atom. The Labute approximate surface area is 226 Å². The first-order valence-electron chi connectivity index (χ1n) is 10.5. The zero-order valence-corrected chi connectivity index (χ0v) is 23.1. The number of hydrogen-bond donors (Lipinski definition) is 1.